The molecule has 0 radical (unpaired) electrons. The molecule has 7 nitrogen and oxygen atoms in total. The average Bonchev–Trinajstić information content (AvgIpc) is 2.63. The van der Waals surface area contributed by atoms with Gasteiger partial charge in [-0.15, -0.1) is 0 Å². The van der Waals surface area contributed by atoms with Crippen LogP contribution in [-0.2, 0) is 4.79 Å². The van der Waals surface area contributed by atoms with E-state index in [2.05, 4.69) is 0 Å². The highest BCUT2D eigenvalue weighted by atomic mass is 16.5. The number of aliphatic carboxylic acids is 1. The van der Waals surface area contributed by atoms with Crippen molar-refractivity contribution < 1.29 is 24.5 Å². The first-order valence-corrected chi connectivity index (χ1v) is 7.64. The lowest BCUT2D eigenvalue weighted by atomic mass is 9.91. The summed E-state index contributed by atoms with van der Waals surface area (Å²) in [5, 5.41) is 27.5. The van der Waals surface area contributed by atoms with Gasteiger partial charge >= 0.3 is 5.97 Å². The summed E-state index contributed by atoms with van der Waals surface area (Å²) in [4.78, 5) is 11.6. The van der Waals surface area contributed by atoms with Crippen LogP contribution in [0.25, 0.3) is 5.57 Å². The molecule has 0 aliphatic carbocycles. The van der Waals surface area contributed by atoms with Gasteiger partial charge in [-0.3, -0.25) is 5.41 Å². The van der Waals surface area contributed by atoms with E-state index in [-0.39, 0.29) is 28.5 Å². The predicted octanol–water partition coefficient (Wildman–Crippen LogP) is 2.60. The van der Waals surface area contributed by atoms with Gasteiger partial charge in [0.05, 0.1) is 14.2 Å². The number of hydrogen-bond acceptors (Lipinski definition) is 5. The molecule has 2 rings (SSSR count). The van der Waals surface area contributed by atoms with Crippen LogP contribution in [0, 0.1) is 5.41 Å². The van der Waals surface area contributed by atoms with Crippen LogP contribution in [0.5, 0.6) is 17.2 Å². The largest absolute Gasteiger partial charge is 0.504 e. The van der Waals surface area contributed by atoms with Crippen LogP contribution in [0.1, 0.15) is 23.6 Å². The topological polar surface area (TPSA) is 126 Å². The van der Waals surface area contributed by atoms with Gasteiger partial charge in [0, 0.05) is 28.3 Å². The van der Waals surface area contributed by atoms with Crippen molar-refractivity contribution in [2.45, 2.75) is 6.92 Å². The smallest absolute Gasteiger partial charge is 0.331 e. The molecule has 0 aliphatic heterocycles. The van der Waals surface area contributed by atoms with E-state index >= 15 is 0 Å². The molecule has 0 aromatic heterocycles. The number of nitrogens with one attached hydrogen (secondary N) is 1. The minimum absolute atomic E-state index is 0.0335. The normalized spacial score (nSPS) is 11.5. The van der Waals surface area contributed by atoms with Crippen LogP contribution in [0.2, 0.25) is 0 Å². The summed E-state index contributed by atoms with van der Waals surface area (Å²) in [6.45, 7) is 1.45. The summed E-state index contributed by atoms with van der Waals surface area (Å²) < 4.78 is 10.4. The van der Waals surface area contributed by atoms with E-state index < -0.39 is 5.97 Å². The number of carboxylic acids is 1. The third-order valence-corrected chi connectivity index (χ3v) is 3.95. The van der Waals surface area contributed by atoms with Gasteiger partial charge in [-0.25, -0.2) is 4.79 Å². The second-order valence-corrected chi connectivity index (χ2v) is 5.52. The van der Waals surface area contributed by atoms with Gasteiger partial charge in [0.2, 0.25) is 0 Å². The first-order chi connectivity index (χ1) is 12.3. The number of nitrogen functional groups attached to an aromatic ring is 1. The van der Waals surface area contributed by atoms with E-state index in [9.17, 15) is 15.0 Å². The molecule has 5 N–H and O–H groups in total. The van der Waals surface area contributed by atoms with Crippen molar-refractivity contribution in [3.8, 4) is 17.2 Å². The second kappa shape index (κ2) is 7.60. The molecule has 2 aromatic rings. The van der Waals surface area contributed by atoms with Gasteiger partial charge in [-0.1, -0.05) is 24.3 Å². The zero-order chi connectivity index (χ0) is 19.4. The molecule has 136 valence electrons. The number of methoxy groups -OCH3 is 2. The molecule has 0 bridgehead atoms. The van der Waals surface area contributed by atoms with Crippen LogP contribution < -0.4 is 15.2 Å². The maximum absolute atomic E-state index is 11.6. The van der Waals surface area contributed by atoms with E-state index in [0.717, 1.165) is 0 Å². The third kappa shape index (κ3) is 3.61. The summed E-state index contributed by atoms with van der Waals surface area (Å²) in [7, 11) is 2.86. The number of carboxylic acid groups (broad SMARTS) is 1. The number of phenolic OH excluding ortho intramolecular Hbond substituents is 1. The molecule has 26 heavy (non-hydrogen) atoms. The van der Waals surface area contributed by atoms with E-state index in [4.69, 9.17) is 20.6 Å². The minimum atomic E-state index is -1.13. The summed E-state index contributed by atoms with van der Waals surface area (Å²) in [5.74, 6) is -0.847. The Kier molecular flexibility index (Phi) is 5.51. The minimum Gasteiger partial charge on any atom is -0.504 e. The van der Waals surface area contributed by atoms with Crippen molar-refractivity contribution in [1.29, 1.82) is 5.41 Å². The molecule has 0 unspecified atom stereocenters. The number of benzene rings is 2. The van der Waals surface area contributed by atoms with Crippen molar-refractivity contribution in [2.24, 2.45) is 5.73 Å². The van der Waals surface area contributed by atoms with Crippen molar-refractivity contribution in [3.05, 3.63) is 58.7 Å². The predicted molar refractivity (Wildman–Crippen MR) is 98.0 cm³/mol. The Morgan fingerprint density at radius 3 is 2.12 bits per heavy atom. The quantitative estimate of drug-likeness (QED) is 0.358. The lowest BCUT2D eigenvalue weighted by Crippen LogP contribution is -2.11. The number of ether oxygens (including phenoxy) is 2. The molecule has 0 spiro atoms. The average molecular weight is 356 g/mol. The van der Waals surface area contributed by atoms with Crippen molar-refractivity contribution in [3.63, 3.8) is 0 Å². The third-order valence-electron chi connectivity index (χ3n) is 3.95. The number of carbonyl (C=O) groups is 1. The molecular formula is C19H20N2O5. The highest BCUT2D eigenvalue weighted by Crippen LogP contribution is 2.41. The Bertz CT molecular complexity index is 886. The van der Waals surface area contributed by atoms with Crippen LogP contribution in [0.3, 0.4) is 0 Å². The van der Waals surface area contributed by atoms with Gasteiger partial charge < -0.3 is 25.4 Å². The molecule has 0 heterocycles. The van der Waals surface area contributed by atoms with Gasteiger partial charge in [0.25, 0.3) is 0 Å². The maximum Gasteiger partial charge on any atom is 0.331 e. The molecule has 7 heteroatoms. The standard InChI is InChI=1S/C19H20N2O5/c1-10(19(23)24)16(11-4-6-12(7-5-11)18(20)21)14-8-13(25-2)9-15(26-3)17(14)22/h4-9,22H,1-3H3,(H3,20,21)(H,23,24). The number of nitrogens with two attached hydrogens (primary N) is 1. The number of rotatable bonds is 6. The Balaban J connectivity index is 2.78. The van der Waals surface area contributed by atoms with Crippen LogP contribution in [0.4, 0.5) is 0 Å². The maximum atomic E-state index is 11.6. The lowest BCUT2D eigenvalue weighted by molar-refractivity contribution is -0.132. The zero-order valence-electron chi connectivity index (χ0n) is 14.7. The lowest BCUT2D eigenvalue weighted by Gasteiger charge is -2.16. The fourth-order valence-corrected chi connectivity index (χ4v) is 2.54. The van der Waals surface area contributed by atoms with E-state index in [0.29, 0.717) is 22.4 Å². The van der Waals surface area contributed by atoms with E-state index in [1.807, 2.05) is 0 Å². The molecule has 2 aromatic carbocycles. The molecule has 0 saturated heterocycles. The molecule has 0 amide bonds. The second-order valence-electron chi connectivity index (χ2n) is 5.52. The Hall–Kier alpha value is -3.48. The zero-order valence-corrected chi connectivity index (χ0v) is 14.7. The fourth-order valence-electron chi connectivity index (χ4n) is 2.54. The number of hydrogen-bond donors (Lipinski definition) is 4. The van der Waals surface area contributed by atoms with Crippen LogP contribution in [0.15, 0.2) is 42.0 Å². The molecule has 0 fully saturated rings. The van der Waals surface area contributed by atoms with Crippen molar-refractivity contribution in [2.75, 3.05) is 14.2 Å². The summed E-state index contributed by atoms with van der Waals surface area (Å²) in [6.07, 6.45) is 0. The van der Waals surface area contributed by atoms with Gasteiger partial charge in [-0.05, 0) is 18.6 Å². The Morgan fingerprint density at radius 1 is 1.08 bits per heavy atom. The first-order valence-electron chi connectivity index (χ1n) is 7.64. The Labute approximate surface area is 150 Å². The first kappa shape index (κ1) is 18.9. The van der Waals surface area contributed by atoms with Crippen molar-refractivity contribution in [1.82, 2.24) is 0 Å². The highest BCUT2D eigenvalue weighted by Gasteiger charge is 2.21. The monoisotopic (exact) mass is 356 g/mol. The molecule has 0 aliphatic rings. The van der Waals surface area contributed by atoms with Crippen LogP contribution >= 0.6 is 0 Å². The summed E-state index contributed by atoms with van der Waals surface area (Å²) in [6, 6.07) is 9.56. The number of phenols is 1. The summed E-state index contributed by atoms with van der Waals surface area (Å²) in [5.41, 5.74) is 7.12. The fraction of sp³-hybridized carbons (Fsp3) is 0.158. The Morgan fingerprint density at radius 2 is 1.65 bits per heavy atom. The van der Waals surface area contributed by atoms with Gasteiger partial charge in [-0.2, -0.15) is 0 Å². The summed E-state index contributed by atoms with van der Waals surface area (Å²) >= 11 is 0. The van der Waals surface area contributed by atoms with Crippen LogP contribution in [-0.4, -0.2) is 36.2 Å². The van der Waals surface area contributed by atoms with Crippen molar-refractivity contribution >= 4 is 17.4 Å². The molecular weight excluding hydrogens is 336 g/mol. The van der Waals surface area contributed by atoms with Gasteiger partial charge in [0.1, 0.15) is 11.6 Å². The molecule has 0 atom stereocenters. The number of aromatic hydroxyl groups is 1. The van der Waals surface area contributed by atoms with E-state index in [1.165, 1.54) is 27.2 Å². The number of amidine groups is 1. The SMILES string of the molecule is COc1cc(OC)c(O)c(C(=C(C)C(=O)O)c2ccc(C(=N)N)cc2)c1. The van der Waals surface area contributed by atoms with E-state index in [1.54, 1.807) is 30.3 Å². The van der Waals surface area contributed by atoms with Gasteiger partial charge in [0.15, 0.2) is 11.5 Å². The highest BCUT2D eigenvalue weighted by molar-refractivity contribution is 6.02. The molecule has 0 saturated carbocycles.